The highest BCUT2D eigenvalue weighted by Gasteiger charge is 2.18. The predicted molar refractivity (Wildman–Crippen MR) is 106 cm³/mol. The summed E-state index contributed by atoms with van der Waals surface area (Å²) in [6, 6.07) is 18.0. The summed E-state index contributed by atoms with van der Waals surface area (Å²) in [4.78, 5) is 32.5. The summed E-state index contributed by atoms with van der Waals surface area (Å²) in [7, 11) is 1.61. The number of aromatic nitrogens is 4. The molecule has 2 aromatic heterocycles. The zero-order chi connectivity index (χ0) is 19.0. The van der Waals surface area contributed by atoms with Crippen molar-refractivity contribution in [3.8, 4) is 0 Å². The van der Waals surface area contributed by atoms with Crippen LogP contribution >= 0.6 is 11.8 Å². The third kappa shape index (κ3) is 3.33. The molecule has 0 fully saturated rings. The Morgan fingerprint density at radius 3 is 2.44 bits per heavy atom. The fraction of sp³-hybridized carbons (Fsp3) is 0.150. The van der Waals surface area contributed by atoms with E-state index in [0.717, 1.165) is 10.5 Å². The first-order valence-electron chi connectivity index (χ1n) is 8.51. The summed E-state index contributed by atoms with van der Waals surface area (Å²) in [5.74, 6) is 0. The first kappa shape index (κ1) is 17.4. The molecule has 0 spiro atoms. The number of fused-ring (bicyclic) bond motifs is 1. The van der Waals surface area contributed by atoms with Gasteiger partial charge in [0.05, 0.1) is 6.54 Å². The Balaban J connectivity index is 1.91. The van der Waals surface area contributed by atoms with Gasteiger partial charge in [0.15, 0.2) is 16.3 Å². The summed E-state index contributed by atoms with van der Waals surface area (Å²) < 4.78 is 3.24. The van der Waals surface area contributed by atoms with E-state index in [0.29, 0.717) is 22.9 Å². The van der Waals surface area contributed by atoms with Crippen LogP contribution in [0.25, 0.3) is 11.2 Å². The van der Waals surface area contributed by atoms with Crippen molar-refractivity contribution in [1.29, 1.82) is 0 Å². The molecular formula is C20H18N4O2S. The van der Waals surface area contributed by atoms with Crippen LogP contribution in [0.2, 0.25) is 0 Å². The van der Waals surface area contributed by atoms with Crippen molar-refractivity contribution in [2.24, 2.45) is 7.05 Å². The zero-order valence-corrected chi connectivity index (χ0v) is 15.8. The van der Waals surface area contributed by atoms with E-state index in [1.807, 2.05) is 66.1 Å². The Bertz CT molecular complexity index is 1220. The van der Waals surface area contributed by atoms with Crippen LogP contribution in [0.15, 0.2) is 74.2 Å². The lowest BCUT2D eigenvalue weighted by Crippen LogP contribution is -2.29. The highest BCUT2D eigenvalue weighted by Crippen LogP contribution is 2.29. The molecule has 7 heteroatoms. The Labute approximate surface area is 159 Å². The number of H-pyrrole nitrogens is 1. The fourth-order valence-corrected chi connectivity index (χ4v) is 3.81. The standard InChI is InChI=1S/C20H18N4O2S/c1-13-8-10-14(11-9-13)12-24-16-17(23(2)19(26)22-18(16)25)21-20(24)27-15-6-4-3-5-7-15/h3-11H,12H2,1-2H3,(H,22,25,26). The molecule has 4 rings (SSSR count). The molecule has 0 unspecified atom stereocenters. The van der Waals surface area contributed by atoms with E-state index in [1.54, 1.807) is 7.05 Å². The van der Waals surface area contributed by atoms with Crippen LogP contribution in [0, 0.1) is 6.92 Å². The smallest absolute Gasteiger partial charge is 0.308 e. The maximum atomic E-state index is 12.5. The van der Waals surface area contributed by atoms with Gasteiger partial charge in [0.25, 0.3) is 5.56 Å². The SMILES string of the molecule is Cc1ccc(Cn2c(Sc3ccccc3)nc3c2c(=O)[nH]c(=O)n3C)cc1. The topological polar surface area (TPSA) is 72.7 Å². The molecule has 2 aromatic carbocycles. The van der Waals surface area contributed by atoms with E-state index in [4.69, 9.17) is 0 Å². The van der Waals surface area contributed by atoms with Crippen LogP contribution in [0.4, 0.5) is 0 Å². The van der Waals surface area contributed by atoms with E-state index in [-0.39, 0.29) is 0 Å². The average molecular weight is 378 g/mol. The summed E-state index contributed by atoms with van der Waals surface area (Å²) in [6.45, 7) is 2.53. The average Bonchev–Trinajstić information content (AvgIpc) is 3.01. The number of imidazole rings is 1. The highest BCUT2D eigenvalue weighted by molar-refractivity contribution is 7.99. The molecule has 0 aliphatic heterocycles. The highest BCUT2D eigenvalue weighted by atomic mass is 32.2. The second-order valence-electron chi connectivity index (χ2n) is 6.37. The molecule has 0 bridgehead atoms. The number of nitrogens with zero attached hydrogens (tertiary/aromatic N) is 3. The lowest BCUT2D eigenvalue weighted by Gasteiger charge is -2.09. The van der Waals surface area contributed by atoms with Crippen LogP contribution < -0.4 is 11.2 Å². The first-order valence-corrected chi connectivity index (χ1v) is 9.32. The maximum absolute atomic E-state index is 12.5. The van der Waals surface area contributed by atoms with Crippen LogP contribution in [-0.4, -0.2) is 19.1 Å². The summed E-state index contributed by atoms with van der Waals surface area (Å²) >= 11 is 1.47. The molecule has 0 radical (unpaired) electrons. The molecule has 0 atom stereocenters. The second kappa shape index (κ2) is 6.92. The van der Waals surface area contributed by atoms with Crippen molar-refractivity contribution in [2.75, 3.05) is 0 Å². The van der Waals surface area contributed by atoms with Crippen molar-refractivity contribution >= 4 is 22.9 Å². The quantitative estimate of drug-likeness (QED) is 0.593. The number of hydrogen-bond acceptors (Lipinski definition) is 4. The van der Waals surface area contributed by atoms with E-state index in [2.05, 4.69) is 9.97 Å². The van der Waals surface area contributed by atoms with Gasteiger partial charge in [0.1, 0.15) is 0 Å². The van der Waals surface area contributed by atoms with Gasteiger partial charge in [-0.25, -0.2) is 9.78 Å². The Hall–Kier alpha value is -3.06. The molecule has 6 nitrogen and oxygen atoms in total. The number of aromatic amines is 1. The molecule has 136 valence electrons. The molecule has 0 saturated carbocycles. The van der Waals surface area contributed by atoms with Gasteiger partial charge in [-0.15, -0.1) is 0 Å². The van der Waals surface area contributed by atoms with Gasteiger partial charge < -0.3 is 4.57 Å². The summed E-state index contributed by atoms with van der Waals surface area (Å²) in [6.07, 6.45) is 0. The third-order valence-corrected chi connectivity index (χ3v) is 5.39. The van der Waals surface area contributed by atoms with Gasteiger partial charge >= 0.3 is 5.69 Å². The van der Waals surface area contributed by atoms with Crippen molar-refractivity contribution in [1.82, 2.24) is 19.1 Å². The van der Waals surface area contributed by atoms with Crippen molar-refractivity contribution in [3.05, 3.63) is 86.6 Å². The number of aryl methyl sites for hydroxylation is 2. The summed E-state index contributed by atoms with van der Waals surface area (Å²) in [5.41, 5.74) is 2.12. The molecule has 2 heterocycles. The van der Waals surface area contributed by atoms with Gasteiger partial charge in [-0.1, -0.05) is 59.8 Å². The van der Waals surface area contributed by atoms with E-state index in [9.17, 15) is 9.59 Å². The third-order valence-electron chi connectivity index (χ3n) is 4.39. The number of benzene rings is 2. The van der Waals surface area contributed by atoms with E-state index in [1.165, 1.54) is 21.9 Å². The minimum absolute atomic E-state index is 0.384. The Kier molecular flexibility index (Phi) is 4.45. The van der Waals surface area contributed by atoms with Crippen molar-refractivity contribution < 1.29 is 0 Å². The molecule has 0 aliphatic rings. The van der Waals surface area contributed by atoms with Crippen LogP contribution in [-0.2, 0) is 13.6 Å². The number of hydrogen-bond donors (Lipinski definition) is 1. The molecule has 0 amide bonds. The lowest BCUT2D eigenvalue weighted by molar-refractivity contribution is 0.728. The molecule has 1 N–H and O–H groups in total. The molecule has 4 aromatic rings. The fourth-order valence-electron chi connectivity index (χ4n) is 2.91. The first-order chi connectivity index (χ1) is 13.0. The minimum atomic E-state index is -0.469. The number of rotatable bonds is 4. The lowest BCUT2D eigenvalue weighted by atomic mass is 10.1. The van der Waals surface area contributed by atoms with Crippen molar-refractivity contribution in [3.63, 3.8) is 0 Å². The minimum Gasteiger partial charge on any atom is -0.308 e. The monoisotopic (exact) mass is 378 g/mol. The van der Waals surface area contributed by atoms with Gasteiger partial charge in [-0.2, -0.15) is 0 Å². The van der Waals surface area contributed by atoms with Gasteiger partial charge in [0, 0.05) is 11.9 Å². The molecule has 0 aliphatic carbocycles. The van der Waals surface area contributed by atoms with Gasteiger partial charge in [-0.05, 0) is 24.6 Å². The van der Waals surface area contributed by atoms with E-state index >= 15 is 0 Å². The second-order valence-corrected chi connectivity index (χ2v) is 7.41. The van der Waals surface area contributed by atoms with Crippen LogP contribution in [0.3, 0.4) is 0 Å². The van der Waals surface area contributed by atoms with Crippen molar-refractivity contribution in [2.45, 2.75) is 23.5 Å². The Morgan fingerprint density at radius 1 is 1.04 bits per heavy atom. The molecular weight excluding hydrogens is 360 g/mol. The zero-order valence-electron chi connectivity index (χ0n) is 15.0. The van der Waals surface area contributed by atoms with Gasteiger partial charge in [0.2, 0.25) is 0 Å². The largest absolute Gasteiger partial charge is 0.329 e. The van der Waals surface area contributed by atoms with Gasteiger partial charge in [-0.3, -0.25) is 14.3 Å². The van der Waals surface area contributed by atoms with Crippen LogP contribution in [0.1, 0.15) is 11.1 Å². The van der Waals surface area contributed by atoms with Crippen LogP contribution in [0.5, 0.6) is 0 Å². The summed E-state index contributed by atoms with van der Waals surface area (Å²) in [5, 5.41) is 0.670. The molecule has 27 heavy (non-hydrogen) atoms. The maximum Gasteiger partial charge on any atom is 0.329 e. The number of nitrogens with one attached hydrogen (secondary N) is 1. The predicted octanol–water partition coefficient (Wildman–Crippen LogP) is 2.93. The molecule has 0 saturated heterocycles. The normalized spacial score (nSPS) is 11.2. The van der Waals surface area contributed by atoms with E-state index < -0.39 is 11.2 Å². The Morgan fingerprint density at radius 2 is 1.74 bits per heavy atom.